The Bertz CT molecular complexity index is 667. The van der Waals surface area contributed by atoms with Gasteiger partial charge in [0, 0.05) is 37.1 Å². The first-order valence-corrected chi connectivity index (χ1v) is 8.83. The van der Waals surface area contributed by atoms with Crippen LogP contribution in [0.15, 0.2) is 41.4 Å². The van der Waals surface area contributed by atoms with E-state index < -0.39 is 0 Å². The SMILES string of the molecule is CSc1ccccc1C(=O)N1CCC[C@H](c2ccn(C)n2)C1. The van der Waals surface area contributed by atoms with Crippen molar-refractivity contribution in [2.45, 2.75) is 23.7 Å². The molecule has 1 aromatic heterocycles. The second-order valence-corrected chi connectivity index (χ2v) is 6.55. The van der Waals surface area contributed by atoms with Crippen LogP contribution in [0.2, 0.25) is 0 Å². The molecule has 0 saturated carbocycles. The van der Waals surface area contributed by atoms with Crippen molar-refractivity contribution in [2.24, 2.45) is 7.05 Å². The molecule has 1 saturated heterocycles. The number of hydrogen-bond donors (Lipinski definition) is 0. The molecule has 0 unspecified atom stereocenters. The molecule has 1 fully saturated rings. The van der Waals surface area contributed by atoms with Gasteiger partial charge in [0.15, 0.2) is 0 Å². The number of rotatable bonds is 3. The summed E-state index contributed by atoms with van der Waals surface area (Å²) in [5.74, 6) is 0.492. The molecule has 1 amide bonds. The van der Waals surface area contributed by atoms with E-state index in [1.807, 2.05) is 53.3 Å². The van der Waals surface area contributed by atoms with E-state index in [1.165, 1.54) is 0 Å². The van der Waals surface area contributed by atoms with Crippen molar-refractivity contribution < 1.29 is 4.79 Å². The Morgan fingerprint density at radius 2 is 2.14 bits per heavy atom. The van der Waals surface area contributed by atoms with Crippen LogP contribution in [0.5, 0.6) is 0 Å². The van der Waals surface area contributed by atoms with Gasteiger partial charge in [0.1, 0.15) is 0 Å². The molecule has 2 aromatic rings. The number of amides is 1. The normalized spacial score (nSPS) is 18.5. The summed E-state index contributed by atoms with van der Waals surface area (Å²) in [6, 6.07) is 9.92. The van der Waals surface area contributed by atoms with E-state index in [9.17, 15) is 4.79 Å². The second-order valence-electron chi connectivity index (χ2n) is 5.70. The van der Waals surface area contributed by atoms with E-state index in [2.05, 4.69) is 11.2 Å². The molecule has 116 valence electrons. The lowest BCUT2D eigenvalue weighted by Gasteiger charge is -2.32. The van der Waals surface area contributed by atoms with Crippen molar-refractivity contribution in [3.05, 3.63) is 47.8 Å². The van der Waals surface area contributed by atoms with Gasteiger partial charge in [-0.3, -0.25) is 9.48 Å². The number of piperidine rings is 1. The number of hydrogen-bond acceptors (Lipinski definition) is 3. The zero-order valence-electron chi connectivity index (χ0n) is 13.0. The molecule has 5 heteroatoms. The summed E-state index contributed by atoms with van der Waals surface area (Å²) in [5.41, 5.74) is 1.91. The molecule has 1 aliphatic rings. The lowest BCUT2D eigenvalue weighted by molar-refractivity contribution is 0.0702. The lowest BCUT2D eigenvalue weighted by atomic mass is 9.94. The summed E-state index contributed by atoms with van der Waals surface area (Å²) in [7, 11) is 1.93. The van der Waals surface area contributed by atoms with E-state index >= 15 is 0 Å². The molecule has 1 aromatic carbocycles. The van der Waals surface area contributed by atoms with Crippen LogP contribution < -0.4 is 0 Å². The Balaban J connectivity index is 1.78. The largest absolute Gasteiger partial charge is 0.338 e. The first kappa shape index (κ1) is 15.2. The van der Waals surface area contributed by atoms with E-state index in [0.29, 0.717) is 5.92 Å². The number of nitrogens with zero attached hydrogens (tertiary/aromatic N) is 3. The highest BCUT2D eigenvalue weighted by Crippen LogP contribution is 2.28. The Morgan fingerprint density at radius 3 is 2.86 bits per heavy atom. The summed E-state index contributed by atoms with van der Waals surface area (Å²) in [6.07, 6.45) is 6.12. The quantitative estimate of drug-likeness (QED) is 0.817. The monoisotopic (exact) mass is 315 g/mol. The minimum Gasteiger partial charge on any atom is -0.338 e. The zero-order chi connectivity index (χ0) is 15.5. The Kier molecular flexibility index (Phi) is 4.52. The number of aromatic nitrogens is 2. The molecular formula is C17H21N3OS. The topological polar surface area (TPSA) is 38.1 Å². The predicted octanol–water partition coefficient (Wildman–Crippen LogP) is 3.16. The average molecular weight is 315 g/mol. The van der Waals surface area contributed by atoms with E-state index in [4.69, 9.17) is 0 Å². The maximum atomic E-state index is 12.8. The molecule has 22 heavy (non-hydrogen) atoms. The molecule has 0 N–H and O–H groups in total. The van der Waals surface area contributed by atoms with Gasteiger partial charge < -0.3 is 4.90 Å². The molecule has 4 nitrogen and oxygen atoms in total. The van der Waals surface area contributed by atoms with Gasteiger partial charge in [-0.15, -0.1) is 11.8 Å². The minimum atomic E-state index is 0.144. The van der Waals surface area contributed by atoms with Crippen molar-refractivity contribution >= 4 is 17.7 Å². The van der Waals surface area contributed by atoms with Crippen molar-refractivity contribution in [1.29, 1.82) is 0 Å². The van der Waals surface area contributed by atoms with Crippen LogP contribution >= 0.6 is 11.8 Å². The van der Waals surface area contributed by atoms with Gasteiger partial charge >= 0.3 is 0 Å². The fourth-order valence-electron chi connectivity index (χ4n) is 3.05. The highest BCUT2D eigenvalue weighted by Gasteiger charge is 2.27. The van der Waals surface area contributed by atoms with Crippen LogP contribution in [0, 0.1) is 0 Å². The Labute approximate surface area is 135 Å². The number of benzene rings is 1. The molecule has 0 spiro atoms. The van der Waals surface area contributed by atoms with Gasteiger partial charge in [0.05, 0.1) is 11.3 Å². The van der Waals surface area contributed by atoms with Gasteiger partial charge in [-0.05, 0) is 37.3 Å². The fraction of sp³-hybridized carbons (Fsp3) is 0.412. The number of aryl methyl sites for hydroxylation is 1. The molecule has 1 aliphatic heterocycles. The van der Waals surface area contributed by atoms with Crippen molar-refractivity contribution in [1.82, 2.24) is 14.7 Å². The van der Waals surface area contributed by atoms with Crippen LogP contribution in [-0.4, -0.2) is 39.9 Å². The first-order chi connectivity index (χ1) is 10.7. The van der Waals surface area contributed by atoms with Crippen LogP contribution in [0.1, 0.15) is 34.8 Å². The highest BCUT2D eigenvalue weighted by molar-refractivity contribution is 7.98. The third-order valence-corrected chi connectivity index (χ3v) is 4.99. The third-order valence-electron chi connectivity index (χ3n) is 4.20. The van der Waals surface area contributed by atoms with Gasteiger partial charge in [-0.1, -0.05) is 12.1 Å². The van der Waals surface area contributed by atoms with Gasteiger partial charge in [-0.2, -0.15) is 5.10 Å². The average Bonchev–Trinajstić information content (AvgIpc) is 3.01. The van der Waals surface area contributed by atoms with Crippen molar-refractivity contribution in [3.8, 4) is 0 Å². The van der Waals surface area contributed by atoms with Crippen LogP contribution in [0.4, 0.5) is 0 Å². The van der Waals surface area contributed by atoms with E-state index in [-0.39, 0.29) is 5.91 Å². The zero-order valence-corrected chi connectivity index (χ0v) is 13.8. The summed E-state index contributed by atoms with van der Waals surface area (Å²) < 4.78 is 1.83. The first-order valence-electron chi connectivity index (χ1n) is 7.61. The highest BCUT2D eigenvalue weighted by atomic mass is 32.2. The maximum absolute atomic E-state index is 12.8. The standard InChI is InChI=1S/C17H21N3OS/c1-19-11-9-15(18-19)13-6-5-10-20(12-13)17(21)14-7-3-4-8-16(14)22-2/h3-4,7-9,11,13H,5-6,10,12H2,1-2H3/t13-/m0/s1. The molecule has 3 rings (SSSR count). The van der Waals surface area contributed by atoms with Gasteiger partial charge in [0.25, 0.3) is 5.91 Å². The molecule has 2 heterocycles. The number of carbonyl (C=O) groups excluding carboxylic acids is 1. The molecular weight excluding hydrogens is 294 g/mol. The smallest absolute Gasteiger partial charge is 0.255 e. The molecule has 0 radical (unpaired) electrons. The minimum absolute atomic E-state index is 0.144. The summed E-state index contributed by atoms with van der Waals surface area (Å²) in [6.45, 7) is 1.60. The number of carbonyl (C=O) groups is 1. The van der Waals surface area contributed by atoms with E-state index in [0.717, 1.165) is 42.1 Å². The molecule has 0 bridgehead atoms. The van der Waals surface area contributed by atoms with Crippen LogP contribution in [0.25, 0.3) is 0 Å². The number of thioether (sulfide) groups is 1. The van der Waals surface area contributed by atoms with Gasteiger partial charge in [-0.25, -0.2) is 0 Å². The fourth-order valence-corrected chi connectivity index (χ4v) is 3.64. The van der Waals surface area contributed by atoms with Crippen molar-refractivity contribution in [3.63, 3.8) is 0 Å². The molecule has 0 aliphatic carbocycles. The second kappa shape index (κ2) is 6.57. The van der Waals surface area contributed by atoms with Crippen molar-refractivity contribution in [2.75, 3.05) is 19.3 Å². The van der Waals surface area contributed by atoms with Crippen LogP contribution in [-0.2, 0) is 7.05 Å². The summed E-state index contributed by atoms with van der Waals surface area (Å²) in [4.78, 5) is 15.9. The number of likely N-dealkylation sites (tertiary alicyclic amines) is 1. The summed E-state index contributed by atoms with van der Waals surface area (Å²) >= 11 is 1.63. The summed E-state index contributed by atoms with van der Waals surface area (Å²) in [5, 5.41) is 4.51. The molecule has 1 atom stereocenters. The predicted molar refractivity (Wildman–Crippen MR) is 89.3 cm³/mol. The maximum Gasteiger partial charge on any atom is 0.255 e. The van der Waals surface area contributed by atoms with Crippen LogP contribution in [0.3, 0.4) is 0 Å². The lowest BCUT2D eigenvalue weighted by Crippen LogP contribution is -2.39. The van der Waals surface area contributed by atoms with E-state index in [1.54, 1.807) is 11.8 Å². The Morgan fingerprint density at radius 1 is 1.32 bits per heavy atom. The Hall–Kier alpha value is -1.75. The third kappa shape index (κ3) is 3.04. The van der Waals surface area contributed by atoms with Gasteiger partial charge in [0.2, 0.25) is 0 Å².